The molecule has 0 aliphatic carbocycles. The van der Waals surface area contributed by atoms with Gasteiger partial charge in [0.15, 0.2) is 5.65 Å². The van der Waals surface area contributed by atoms with Crippen molar-refractivity contribution in [1.82, 2.24) is 19.3 Å². The van der Waals surface area contributed by atoms with Crippen LogP contribution in [0, 0.1) is 0 Å². The van der Waals surface area contributed by atoms with Crippen molar-refractivity contribution >= 4 is 11.0 Å². The molecule has 4 rings (SSSR count). The fraction of sp³-hybridized carbons (Fsp3) is 0.190. The summed E-state index contributed by atoms with van der Waals surface area (Å²) in [4.78, 5) is 17.1. The Morgan fingerprint density at radius 2 is 1.75 bits per heavy atom. The molecule has 0 bridgehead atoms. The molecule has 0 saturated carbocycles. The minimum atomic E-state index is -0.815. The van der Waals surface area contributed by atoms with Gasteiger partial charge in [-0.1, -0.05) is 48.5 Å². The van der Waals surface area contributed by atoms with Crippen molar-refractivity contribution in [3.05, 3.63) is 89.1 Å². The topological polar surface area (TPSA) is 82.2 Å². The lowest BCUT2D eigenvalue weighted by Gasteiger charge is -2.13. The predicted octanol–water partition coefficient (Wildman–Crippen LogP) is 2.16. The van der Waals surface area contributed by atoms with Crippen molar-refractivity contribution in [3.8, 4) is 5.69 Å². The highest BCUT2D eigenvalue weighted by molar-refractivity contribution is 5.74. The standard InChI is InChI=1S/C21H20N4O3/c26-18(14-28-13-16-7-3-1-4-8-16)12-24-15-22-20-19(21(24)27)11-23-25(20)17-9-5-2-6-10-17/h1-11,15,18,26H,12-14H2/t18-/m1/s1. The minimum absolute atomic E-state index is 0.104. The number of fused-ring (bicyclic) bond motifs is 1. The monoisotopic (exact) mass is 376 g/mol. The van der Waals surface area contributed by atoms with Crippen LogP contribution in [0.4, 0.5) is 0 Å². The second kappa shape index (κ2) is 8.16. The maximum Gasteiger partial charge on any atom is 0.264 e. The molecule has 0 radical (unpaired) electrons. The van der Waals surface area contributed by atoms with Gasteiger partial charge in [0, 0.05) is 0 Å². The van der Waals surface area contributed by atoms with Crippen LogP contribution in [-0.4, -0.2) is 37.1 Å². The van der Waals surface area contributed by atoms with Crippen LogP contribution in [0.1, 0.15) is 5.56 Å². The largest absolute Gasteiger partial charge is 0.389 e. The Morgan fingerprint density at radius 3 is 2.50 bits per heavy atom. The van der Waals surface area contributed by atoms with E-state index in [1.807, 2.05) is 60.7 Å². The molecule has 0 aliphatic rings. The minimum Gasteiger partial charge on any atom is -0.389 e. The van der Waals surface area contributed by atoms with E-state index in [1.165, 1.54) is 17.1 Å². The lowest BCUT2D eigenvalue weighted by Crippen LogP contribution is -2.29. The molecule has 0 aliphatic heterocycles. The third-order valence-electron chi connectivity index (χ3n) is 4.38. The van der Waals surface area contributed by atoms with E-state index in [2.05, 4.69) is 10.1 Å². The van der Waals surface area contributed by atoms with E-state index in [1.54, 1.807) is 4.68 Å². The zero-order valence-corrected chi connectivity index (χ0v) is 15.2. The number of hydrogen-bond acceptors (Lipinski definition) is 5. The average molecular weight is 376 g/mol. The molecule has 28 heavy (non-hydrogen) atoms. The maximum atomic E-state index is 12.7. The van der Waals surface area contributed by atoms with Gasteiger partial charge in [-0.25, -0.2) is 9.67 Å². The number of ether oxygens (including phenoxy) is 1. The zero-order valence-electron chi connectivity index (χ0n) is 15.2. The third kappa shape index (κ3) is 3.85. The van der Waals surface area contributed by atoms with Gasteiger partial charge in [-0.3, -0.25) is 9.36 Å². The predicted molar refractivity (Wildman–Crippen MR) is 105 cm³/mol. The van der Waals surface area contributed by atoms with E-state index in [4.69, 9.17) is 4.74 Å². The van der Waals surface area contributed by atoms with Crippen LogP contribution in [0.15, 0.2) is 78.0 Å². The van der Waals surface area contributed by atoms with Crippen molar-refractivity contribution < 1.29 is 9.84 Å². The van der Waals surface area contributed by atoms with E-state index in [-0.39, 0.29) is 18.7 Å². The molecular formula is C21H20N4O3. The molecule has 0 amide bonds. The van der Waals surface area contributed by atoms with Crippen molar-refractivity contribution in [3.63, 3.8) is 0 Å². The summed E-state index contributed by atoms with van der Waals surface area (Å²) in [6, 6.07) is 19.2. The van der Waals surface area contributed by atoms with E-state index in [9.17, 15) is 9.90 Å². The van der Waals surface area contributed by atoms with Crippen LogP contribution >= 0.6 is 0 Å². The summed E-state index contributed by atoms with van der Waals surface area (Å²) in [6.07, 6.45) is 2.13. The number of benzene rings is 2. The molecule has 0 saturated heterocycles. The Kier molecular flexibility index (Phi) is 5.27. The Balaban J connectivity index is 1.46. The van der Waals surface area contributed by atoms with Gasteiger partial charge in [0.2, 0.25) is 0 Å². The average Bonchev–Trinajstić information content (AvgIpc) is 3.16. The SMILES string of the molecule is O=c1c2cnn(-c3ccccc3)c2ncn1C[C@@H](O)COCc1ccccc1. The number of para-hydroxylation sites is 1. The fourth-order valence-corrected chi connectivity index (χ4v) is 3.00. The smallest absolute Gasteiger partial charge is 0.264 e. The first-order chi connectivity index (χ1) is 13.7. The van der Waals surface area contributed by atoms with Gasteiger partial charge in [-0.05, 0) is 17.7 Å². The van der Waals surface area contributed by atoms with Crippen molar-refractivity contribution in [2.24, 2.45) is 0 Å². The molecule has 2 heterocycles. The molecule has 1 N–H and O–H groups in total. The number of aliphatic hydroxyl groups excluding tert-OH is 1. The van der Waals surface area contributed by atoms with Gasteiger partial charge in [0.25, 0.3) is 5.56 Å². The molecule has 142 valence electrons. The summed E-state index contributed by atoms with van der Waals surface area (Å²) in [6.45, 7) is 0.643. The van der Waals surface area contributed by atoms with E-state index < -0.39 is 6.10 Å². The van der Waals surface area contributed by atoms with Crippen molar-refractivity contribution in [2.45, 2.75) is 19.3 Å². The number of hydrogen-bond donors (Lipinski definition) is 1. The Bertz CT molecular complexity index is 1110. The zero-order chi connectivity index (χ0) is 19.3. The van der Waals surface area contributed by atoms with Crippen molar-refractivity contribution in [2.75, 3.05) is 6.61 Å². The van der Waals surface area contributed by atoms with Crippen LogP contribution in [0.2, 0.25) is 0 Å². The first-order valence-electron chi connectivity index (χ1n) is 9.01. The number of aliphatic hydroxyl groups is 1. The van der Waals surface area contributed by atoms with Gasteiger partial charge in [-0.15, -0.1) is 0 Å². The molecule has 4 aromatic rings. The summed E-state index contributed by atoms with van der Waals surface area (Å²) >= 11 is 0. The Morgan fingerprint density at radius 1 is 1.04 bits per heavy atom. The second-order valence-electron chi connectivity index (χ2n) is 6.49. The Hall–Kier alpha value is -3.29. The molecule has 2 aromatic heterocycles. The summed E-state index contributed by atoms with van der Waals surface area (Å²) in [5, 5.41) is 14.9. The van der Waals surface area contributed by atoms with Gasteiger partial charge < -0.3 is 9.84 Å². The number of aromatic nitrogens is 4. The molecule has 0 spiro atoms. The van der Waals surface area contributed by atoms with Crippen LogP contribution in [0.25, 0.3) is 16.7 Å². The van der Waals surface area contributed by atoms with Gasteiger partial charge >= 0.3 is 0 Å². The summed E-state index contributed by atoms with van der Waals surface area (Å²) < 4.78 is 8.55. The number of rotatable bonds is 7. The molecule has 0 unspecified atom stereocenters. The first kappa shape index (κ1) is 18.1. The molecular weight excluding hydrogens is 356 g/mol. The van der Waals surface area contributed by atoms with Gasteiger partial charge in [0.1, 0.15) is 11.7 Å². The molecule has 7 nitrogen and oxygen atoms in total. The Labute approximate surface area is 161 Å². The molecule has 1 atom stereocenters. The van der Waals surface area contributed by atoms with Crippen LogP contribution in [0.3, 0.4) is 0 Å². The molecule has 0 fully saturated rings. The van der Waals surface area contributed by atoms with Crippen LogP contribution in [0.5, 0.6) is 0 Å². The second-order valence-corrected chi connectivity index (χ2v) is 6.49. The summed E-state index contributed by atoms with van der Waals surface area (Å²) in [5.74, 6) is 0. The lowest BCUT2D eigenvalue weighted by molar-refractivity contribution is 0.0198. The normalized spacial score (nSPS) is 12.3. The highest BCUT2D eigenvalue weighted by Crippen LogP contribution is 2.13. The van der Waals surface area contributed by atoms with E-state index >= 15 is 0 Å². The lowest BCUT2D eigenvalue weighted by atomic mass is 10.2. The van der Waals surface area contributed by atoms with E-state index in [0.29, 0.717) is 17.6 Å². The van der Waals surface area contributed by atoms with Crippen LogP contribution in [-0.2, 0) is 17.9 Å². The molecule has 7 heteroatoms. The number of nitrogens with zero attached hydrogens (tertiary/aromatic N) is 4. The maximum absolute atomic E-state index is 12.7. The van der Waals surface area contributed by atoms with Gasteiger partial charge in [0.05, 0.1) is 37.7 Å². The summed E-state index contributed by atoms with van der Waals surface area (Å²) in [7, 11) is 0. The quantitative estimate of drug-likeness (QED) is 0.534. The first-order valence-corrected chi connectivity index (χ1v) is 9.01. The van der Waals surface area contributed by atoms with Crippen LogP contribution < -0.4 is 5.56 Å². The fourth-order valence-electron chi connectivity index (χ4n) is 3.00. The highest BCUT2D eigenvalue weighted by atomic mass is 16.5. The van der Waals surface area contributed by atoms with Crippen molar-refractivity contribution in [1.29, 1.82) is 0 Å². The third-order valence-corrected chi connectivity index (χ3v) is 4.38. The summed E-state index contributed by atoms with van der Waals surface area (Å²) in [5.41, 5.74) is 2.11. The highest BCUT2D eigenvalue weighted by Gasteiger charge is 2.13. The van der Waals surface area contributed by atoms with Gasteiger partial charge in [-0.2, -0.15) is 5.10 Å². The van der Waals surface area contributed by atoms with E-state index in [0.717, 1.165) is 11.3 Å². The molecule has 2 aromatic carbocycles.